The van der Waals surface area contributed by atoms with Crippen LogP contribution in [0.15, 0.2) is 30.5 Å². The lowest BCUT2D eigenvalue weighted by Gasteiger charge is -2.15. The van der Waals surface area contributed by atoms with Crippen molar-refractivity contribution in [2.75, 3.05) is 13.2 Å². The van der Waals surface area contributed by atoms with E-state index in [1.807, 2.05) is 51.4 Å². The van der Waals surface area contributed by atoms with Crippen LogP contribution < -0.4 is 9.47 Å². The minimum absolute atomic E-state index is 0.473. The van der Waals surface area contributed by atoms with Gasteiger partial charge in [0.05, 0.1) is 25.0 Å². The van der Waals surface area contributed by atoms with E-state index in [2.05, 4.69) is 5.10 Å². The smallest absolute Gasteiger partial charge is 0.161 e. The summed E-state index contributed by atoms with van der Waals surface area (Å²) >= 11 is 0. The molecule has 1 N–H and O–H groups in total. The van der Waals surface area contributed by atoms with Crippen LogP contribution in [0.1, 0.15) is 31.2 Å². The number of rotatable bonds is 7. The van der Waals surface area contributed by atoms with Gasteiger partial charge in [0, 0.05) is 19.7 Å². The summed E-state index contributed by atoms with van der Waals surface area (Å²) in [6, 6.07) is 7.44. The first kappa shape index (κ1) is 15.4. The monoisotopic (exact) mass is 290 g/mol. The van der Waals surface area contributed by atoms with E-state index in [0.29, 0.717) is 31.1 Å². The van der Waals surface area contributed by atoms with E-state index >= 15 is 0 Å². The summed E-state index contributed by atoms with van der Waals surface area (Å²) in [5.41, 5.74) is 1.66. The quantitative estimate of drug-likeness (QED) is 0.851. The van der Waals surface area contributed by atoms with Gasteiger partial charge < -0.3 is 14.6 Å². The number of nitrogens with zero attached hydrogens (tertiary/aromatic N) is 2. The molecule has 0 bridgehead atoms. The third kappa shape index (κ3) is 3.98. The highest BCUT2D eigenvalue weighted by Crippen LogP contribution is 2.31. The minimum Gasteiger partial charge on any atom is -0.490 e. The molecule has 1 aromatic carbocycles. The maximum Gasteiger partial charge on any atom is 0.161 e. The fraction of sp³-hybridized carbons (Fsp3) is 0.438. The standard InChI is InChI=1S/C16H22N2O3/c1-4-20-15-7-6-12(10-16(15)21-5-2)14(19)11-13-8-9-18(3)17-13/h6-10,14,19H,4-5,11H2,1-3H3. The largest absolute Gasteiger partial charge is 0.490 e. The summed E-state index contributed by atoms with van der Waals surface area (Å²) in [5, 5.41) is 14.6. The van der Waals surface area contributed by atoms with Crippen LogP contribution in [0.4, 0.5) is 0 Å². The fourth-order valence-corrected chi connectivity index (χ4v) is 2.16. The summed E-state index contributed by atoms with van der Waals surface area (Å²) in [6.07, 6.45) is 1.72. The topological polar surface area (TPSA) is 56.5 Å². The van der Waals surface area contributed by atoms with Gasteiger partial charge in [0.1, 0.15) is 0 Å². The van der Waals surface area contributed by atoms with Crippen molar-refractivity contribution in [1.29, 1.82) is 0 Å². The molecule has 0 aliphatic heterocycles. The molecule has 0 amide bonds. The third-order valence-electron chi connectivity index (χ3n) is 3.12. The molecule has 0 saturated carbocycles. The molecule has 21 heavy (non-hydrogen) atoms. The van der Waals surface area contributed by atoms with E-state index in [0.717, 1.165) is 11.3 Å². The van der Waals surface area contributed by atoms with Gasteiger partial charge in [0.2, 0.25) is 0 Å². The van der Waals surface area contributed by atoms with Gasteiger partial charge in [-0.05, 0) is 37.6 Å². The van der Waals surface area contributed by atoms with Gasteiger partial charge in [0.25, 0.3) is 0 Å². The van der Waals surface area contributed by atoms with Crippen molar-refractivity contribution < 1.29 is 14.6 Å². The van der Waals surface area contributed by atoms with Crippen molar-refractivity contribution in [3.63, 3.8) is 0 Å². The van der Waals surface area contributed by atoms with Crippen molar-refractivity contribution in [1.82, 2.24) is 9.78 Å². The second-order valence-electron chi connectivity index (χ2n) is 4.77. The molecule has 1 unspecified atom stereocenters. The maximum atomic E-state index is 10.4. The van der Waals surface area contributed by atoms with Crippen LogP contribution in [0.5, 0.6) is 11.5 Å². The first-order chi connectivity index (χ1) is 10.1. The molecule has 0 radical (unpaired) electrons. The van der Waals surface area contributed by atoms with E-state index in [-0.39, 0.29) is 0 Å². The second-order valence-corrected chi connectivity index (χ2v) is 4.77. The summed E-state index contributed by atoms with van der Waals surface area (Å²) in [5.74, 6) is 1.37. The molecule has 2 rings (SSSR count). The van der Waals surface area contributed by atoms with Crippen molar-refractivity contribution in [2.24, 2.45) is 7.05 Å². The van der Waals surface area contributed by atoms with E-state index in [1.54, 1.807) is 4.68 Å². The lowest BCUT2D eigenvalue weighted by atomic mass is 10.0. The molecule has 5 nitrogen and oxygen atoms in total. The summed E-state index contributed by atoms with van der Waals surface area (Å²) < 4.78 is 12.8. The van der Waals surface area contributed by atoms with Gasteiger partial charge in [-0.15, -0.1) is 0 Å². The predicted molar refractivity (Wildman–Crippen MR) is 80.7 cm³/mol. The number of aliphatic hydroxyl groups is 1. The van der Waals surface area contributed by atoms with Gasteiger partial charge >= 0.3 is 0 Å². The van der Waals surface area contributed by atoms with E-state index in [4.69, 9.17) is 9.47 Å². The fourth-order valence-electron chi connectivity index (χ4n) is 2.16. The first-order valence-electron chi connectivity index (χ1n) is 7.20. The number of hydrogen-bond donors (Lipinski definition) is 1. The van der Waals surface area contributed by atoms with Crippen LogP contribution in [0.2, 0.25) is 0 Å². The highest BCUT2D eigenvalue weighted by atomic mass is 16.5. The molecule has 1 atom stereocenters. The van der Waals surface area contributed by atoms with E-state index in [1.165, 1.54) is 0 Å². The molecule has 0 aliphatic rings. The van der Waals surface area contributed by atoms with Crippen LogP contribution in [-0.2, 0) is 13.5 Å². The van der Waals surface area contributed by atoms with Crippen LogP contribution >= 0.6 is 0 Å². The summed E-state index contributed by atoms with van der Waals surface area (Å²) in [4.78, 5) is 0. The van der Waals surface area contributed by atoms with Crippen molar-refractivity contribution in [3.05, 3.63) is 41.7 Å². The van der Waals surface area contributed by atoms with Gasteiger partial charge in [-0.2, -0.15) is 5.10 Å². The number of hydrogen-bond acceptors (Lipinski definition) is 4. The Morgan fingerprint density at radius 3 is 2.48 bits per heavy atom. The van der Waals surface area contributed by atoms with Crippen LogP contribution in [-0.4, -0.2) is 28.1 Å². The average molecular weight is 290 g/mol. The third-order valence-corrected chi connectivity index (χ3v) is 3.12. The maximum absolute atomic E-state index is 10.4. The van der Waals surface area contributed by atoms with Gasteiger partial charge in [-0.25, -0.2) is 0 Å². The van der Waals surface area contributed by atoms with Crippen LogP contribution in [0, 0.1) is 0 Å². The molecule has 5 heteroatoms. The SMILES string of the molecule is CCOc1ccc(C(O)Cc2ccn(C)n2)cc1OCC. The normalized spacial score (nSPS) is 12.2. The minimum atomic E-state index is -0.616. The molecule has 1 heterocycles. The predicted octanol–water partition coefficient (Wildman–Crippen LogP) is 2.49. The Hall–Kier alpha value is -2.01. The summed E-state index contributed by atoms with van der Waals surface area (Å²) in [6.45, 7) is 4.99. The Morgan fingerprint density at radius 1 is 1.14 bits per heavy atom. The molecular formula is C16H22N2O3. The molecule has 1 aromatic heterocycles. The van der Waals surface area contributed by atoms with E-state index in [9.17, 15) is 5.11 Å². The highest BCUT2D eigenvalue weighted by Gasteiger charge is 2.14. The molecule has 0 aliphatic carbocycles. The van der Waals surface area contributed by atoms with Gasteiger partial charge in [-0.3, -0.25) is 4.68 Å². The lowest BCUT2D eigenvalue weighted by molar-refractivity contribution is 0.176. The van der Waals surface area contributed by atoms with Crippen molar-refractivity contribution in [2.45, 2.75) is 26.4 Å². The zero-order valence-corrected chi connectivity index (χ0v) is 12.7. The number of ether oxygens (including phenoxy) is 2. The number of aliphatic hydroxyl groups excluding tert-OH is 1. The lowest BCUT2D eigenvalue weighted by Crippen LogP contribution is -2.05. The zero-order valence-electron chi connectivity index (χ0n) is 12.7. The average Bonchev–Trinajstić information content (AvgIpc) is 2.86. The Bertz CT molecular complexity index is 581. The highest BCUT2D eigenvalue weighted by molar-refractivity contribution is 5.43. The van der Waals surface area contributed by atoms with Crippen LogP contribution in [0.3, 0.4) is 0 Å². The van der Waals surface area contributed by atoms with Gasteiger partial charge in [0.15, 0.2) is 11.5 Å². The Kier molecular flexibility index (Phi) is 5.22. The molecule has 0 spiro atoms. The number of aryl methyl sites for hydroxylation is 1. The Balaban J connectivity index is 2.16. The second kappa shape index (κ2) is 7.13. The van der Waals surface area contributed by atoms with Crippen molar-refractivity contribution in [3.8, 4) is 11.5 Å². The van der Waals surface area contributed by atoms with E-state index < -0.39 is 6.10 Å². The number of benzene rings is 1. The van der Waals surface area contributed by atoms with Gasteiger partial charge in [-0.1, -0.05) is 6.07 Å². The molecule has 0 saturated heterocycles. The Labute approximate surface area is 125 Å². The number of aromatic nitrogens is 2. The molecule has 114 valence electrons. The zero-order chi connectivity index (χ0) is 15.2. The molecule has 0 fully saturated rings. The van der Waals surface area contributed by atoms with Crippen LogP contribution in [0.25, 0.3) is 0 Å². The Morgan fingerprint density at radius 2 is 1.86 bits per heavy atom. The summed E-state index contributed by atoms with van der Waals surface area (Å²) in [7, 11) is 1.86. The molecular weight excluding hydrogens is 268 g/mol. The van der Waals surface area contributed by atoms with Crippen molar-refractivity contribution >= 4 is 0 Å². The first-order valence-corrected chi connectivity index (χ1v) is 7.20. The molecule has 2 aromatic rings.